The summed E-state index contributed by atoms with van der Waals surface area (Å²) in [5.41, 5.74) is 2.16. The Morgan fingerprint density at radius 1 is 1.09 bits per heavy atom. The Balaban J connectivity index is 1.70. The van der Waals surface area contributed by atoms with Crippen molar-refractivity contribution >= 4 is 11.8 Å². The molecule has 0 spiro atoms. The zero-order chi connectivity index (χ0) is 15.4. The lowest BCUT2D eigenvalue weighted by Gasteiger charge is -2.33. The van der Waals surface area contributed by atoms with E-state index in [0.717, 1.165) is 37.7 Å². The fourth-order valence-corrected chi connectivity index (χ4v) is 2.51. The van der Waals surface area contributed by atoms with Crippen LogP contribution in [0.15, 0.2) is 30.6 Å². The van der Waals surface area contributed by atoms with Crippen LogP contribution in [0.4, 0.5) is 11.8 Å². The first-order chi connectivity index (χ1) is 10.7. The molecule has 1 fully saturated rings. The molecule has 0 unspecified atom stereocenters. The fourth-order valence-electron chi connectivity index (χ4n) is 2.51. The van der Waals surface area contributed by atoms with Crippen molar-refractivity contribution in [3.8, 4) is 0 Å². The molecule has 2 aromatic rings. The maximum absolute atomic E-state index is 4.67. The van der Waals surface area contributed by atoms with Gasteiger partial charge in [0.15, 0.2) is 0 Å². The monoisotopic (exact) mass is 298 g/mol. The second-order valence-corrected chi connectivity index (χ2v) is 5.69. The predicted molar refractivity (Wildman–Crippen MR) is 88.0 cm³/mol. The Bertz CT molecular complexity index is 607. The number of likely N-dealkylation sites (N-methyl/N-ethyl adjacent to an activating group) is 1. The van der Waals surface area contributed by atoms with Gasteiger partial charge >= 0.3 is 0 Å². The molecule has 22 heavy (non-hydrogen) atoms. The summed E-state index contributed by atoms with van der Waals surface area (Å²) in [7, 11) is 2.16. The van der Waals surface area contributed by atoms with Crippen molar-refractivity contribution < 1.29 is 0 Å². The average Bonchev–Trinajstić information content (AvgIpc) is 2.54. The molecule has 1 N–H and O–H groups in total. The molecule has 0 aromatic carbocycles. The van der Waals surface area contributed by atoms with Gasteiger partial charge in [0.05, 0.1) is 0 Å². The minimum atomic E-state index is 0.686. The number of rotatable bonds is 4. The van der Waals surface area contributed by atoms with Crippen LogP contribution in [-0.2, 0) is 6.54 Å². The van der Waals surface area contributed by atoms with Crippen molar-refractivity contribution in [3.05, 3.63) is 41.9 Å². The van der Waals surface area contributed by atoms with E-state index in [9.17, 15) is 0 Å². The molecule has 3 heterocycles. The lowest BCUT2D eigenvalue weighted by Crippen LogP contribution is -2.44. The molecule has 116 valence electrons. The highest BCUT2D eigenvalue weighted by Gasteiger charge is 2.16. The van der Waals surface area contributed by atoms with Crippen molar-refractivity contribution in [1.82, 2.24) is 19.9 Å². The van der Waals surface area contributed by atoms with Gasteiger partial charge in [0.25, 0.3) is 0 Å². The van der Waals surface area contributed by atoms with Gasteiger partial charge in [-0.1, -0.05) is 0 Å². The Kier molecular flexibility index (Phi) is 4.48. The fraction of sp³-hybridized carbons (Fsp3) is 0.438. The molecule has 1 aliphatic heterocycles. The van der Waals surface area contributed by atoms with Gasteiger partial charge in [0, 0.05) is 56.9 Å². The minimum Gasteiger partial charge on any atom is -0.354 e. The first kappa shape index (κ1) is 14.7. The van der Waals surface area contributed by atoms with Crippen molar-refractivity contribution in [2.45, 2.75) is 13.5 Å². The summed E-state index contributed by atoms with van der Waals surface area (Å²) in [4.78, 5) is 17.8. The molecule has 0 bridgehead atoms. The SMILES string of the molecule is Cc1cc(N2CCN(C)CC2)nc(NCc2ccncc2)n1. The van der Waals surface area contributed by atoms with Crippen molar-refractivity contribution in [1.29, 1.82) is 0 Å². The van der Waals surface area contributed by atoms with Gasteiger partial charge in [-0.2, -0.15) is 4.98 Å². The number of nitrogens with zero attached hydrogens (tertiary/aromatic N) is 5. The van der Waals surface area contributed by atoms with E-state index in [4.69, 9.17) is 0 Å². The molecule has 1 aliphatic rings. The molecule has 6 heteroatoms. The van der Waals surface area contributed by atoms with Gasteiger partial charge in [-0.05, 0) is 31.7 Å². The zero-order valence-corrected chi connectivity index (χ0v) is 13.2. The zero-order valence-electron chi connectivity index (χ0n) is 13.2. The number of hydrogen-bond donors (Lipinski definition) is 1. The highest BCUT2D eigenvalue weighted by Crippen LogP contribution is 2.17. The maximum Gasteiger partial charge on any atom is 0.225 e. The van der Waals surface area contributed by atoms with Crippen molar-refractivity contribution in [3.63, 3.8) is 0 Å². The molecule has 0 saturated carbocycles. The highest BCUT2D eigenvalue weighted by molar-refractivity contribution is 5.45. The third-order valence-corrected chi connectivity index (χ3v) is 3.87. The van der Waals surface area contributed by atoms with Crippen molar-refractivity contribution in [2.75, 3.05) is 43.4 Å². The number of aryl methyl sites for hydroxylation is 1. The molecular formula is C16H22N6. The molecule has 6 nitrogen and oxygen atoms in total. The molecule has 0 amide bonds. The second-order valence-electron chi connectivity index (χ2n) is 5.69. The number of aromatic nitrogens is 3. The summed E-state index contributed by atoms with van der Waals surface area (Å²) >= 11 is 0. The summed E-state index contributed by atoms with van der Waals surface area (Å²) in [6.07, 6.45) is 3.59. The van der Waals surface area contributed by atoms with E-state index in [0.29, 0.717) is 12.5 Å². The minimum absolute atomic E-state index is 0.686. The van der Waals surface area contributed by atoms with E-state index in [1.807, 2.05) is 19.1 Å². The quantitative estimate of drug-likeness (QED) is 0.924. The van der Waals surface area contributed by atoms with Gasteiger partial charge in [0.2, 0.25) is 5.95 Å². The van der Waals surface area contributed by atoms with Gasteiger partial charge in [-0.3, -0.25) is 4.98 Å². The first-order valence-corrected chi connectivity index (χ1v) is 7.63. The summed E-state index contributed by atoms with van der Waals surface area (Å²) < 4.78 is 0. The van der Waals surface area contributed by atoms with E-state index in [-0.39, 0.29) is 0 Å². The smallest absolute Gasteiger partial charge is 0.225 e. The Morgan fingerprint density at radius 2 is 1.82 bits per heavy atom. The Hall–Kier alpha value is -2.21. The van der Waals surface area contributed by atoms with Gasteiger partial charge in [-0.15, -0.1) is 0 Å². The third kappa shape index (κ3) is 3.71. The number of pyridine rings is 1. The van der Waals surface area contributed by atoms with E-state index in [1.165, 1.54) is 5.56 Å². The molecule has 3 rings (SSSR count). The lowest BCUT2D eigenvalue weighted by atomic mass is 10.3. The van der Waals surface area contributed by atoms with Crippen LogP contribution in [0.1, 0.15) is 11.3 Å². The van der Waals surface area contributed by atoms with Gasteiger partial charge < -0.3 is 15.1 Å². The van der Waals surface area contributed by atoms with E-state index >= 15 is 0 Å². The molecule has 0 atom stereocenters. The van der Waals surface area contributed by atoms with Crippen LogP contribution in [0.2, 0.25) is 0 Å². The van der Waals surface area contributed by atoms with Crippen molar-refractivity contribution in [2.24, 2.45) is 0 Å². The van der Waals surface area contributed by atoms with Crippen LogP contribution in [0, 0.1) is 6.92 Å². The van der Waals surface area contributed by atoms with Crippen LogP contribution >= 0.6 is 0 Å². The number of hydrogen-bond acceptors (Lipinski definition) is 6. The second kappa shape index (κ2) is 6.70. The summed E-state index contributed by atoms with van der Waals surface area (Å²) in [6.45, 7) is 6.88. The van der Waals surface area contributed by atoms with Crippen LogP contribution in [-0.4, -0.2) is 53.1 Å². The standard InChI is InChI=1S/C16H22N6/c1-13-11-15(22-9-7-21(2)8-10-22)20-16(19-13)18-12-14-3-5-17-6-4-14/h3-6,11H,7-10,12H2,1-2H3,(H,18,19,20). The lowest BCUT2D eigenvalue weighted by molar-refractivity contribution is 0.312. The average molecular weight is 298 g/mol. The summed E-state index contributed by atoms with van der Waals surface area (Å²) in [5.74, 6) is 1.70. The maximum atomic E-state index is 4.67. The van der Waals surface area contributed by atoms with E-state index < -0.39 is 0 Å². The van der Waals surface area contributed by atoms with E-state index in [1.54, 1.807) is 12.4 Å². The predicted octanol–water partition coefficient (Wildman–Crippen LogP) is 1.54. The largest absolute Gasteiger partial charge is 0.354 e. The van der Waals surface area contributed by atoms with Gasteiger partial charge in [-0.25, -0.2) is 4.98 Å². The van der Waals surface area contributed by atoms with Crippen LogP contribution in [0.25, 0.3) is 0 Å². The summed E-state index contributed by atoms with van der Waals surface area (Å²) in [5, 5.41) is 3.30. The normalized spacial score (nSPS) is 15.8. The topological polar surface area (TPSA) is 57.2 Å². The summed E-state index contributed by atoms with van der Waals surface area (Å²) in [6, 6.07) is 6.04. The molecule has 2 aromatic heterocycles. The van der Waals surface area contributed by atoms with Crippen LogP contribution < -0.4 is 10.2 Å². The highest BCUT2D eigenvalue weighted by atomic mass is 15.3. The molecular weight excluding hydrogens is 276 g/mol. The number of anilines is 2. The number of piperazine rings is 1. The van der Waals surface area contributed by atoms with Crippen LogP contribution in [0.5, 0.6) is 0 Å². The van der Waals surface area contributed by atoms with Crippen LogP contribution in [0.3, 0.4) is 0 Å². The first-order valence-electron chi connectivity index (χ1n) is 7.63. The molecule has 1 saturated heterocycles. The Morgan fingerprint density at radius 3 is 2.55 bits per heavy atom. The Labute approximate surface area is 131 Å². The molecule has 0 aliphatic carbocycles. The van der Waals surface area contributed by atoms with E-state index in [2.05, 4.69) is 43.2 Å². The van der Waals surface area contributed by atoms with Gasteiger partial charge in [0.1, 0.15) is 5.82 Å². The number of nitrogens with one attached hydrogen (secondary N) is 1. The third-order valence-electron chi connectivity index (χ3n) is 3.87. The molecule has 0 radical (unpaired) electrons.